The topological polar surface area (TPSA) is 65.0 Å². The van der Waals surface area contributed by atoms with Crippen LogP contribution >= 0.6 is 34.8 Å². The number of ether oxygens (including phenoxy) is 1. The van der Waals surface area contributed by atoms with Crippen molar-refractivity contribution >= 4 is 40.6 Å². The Morgan fingerprint density at radius 2 is 1.81 bits per heavy atom. The third-order valence-corrected chi connectivity index (χ3v) is 5.67. The highest BCUT2D eigenvalue weighted by molar-refractivity contribution is 6.31. The molecule has 1 atom stereocenters. The molecule has 0 fully saturated rings. The molecule has 0 bridgehead atoms. The Bertz CT molecular complexity index is 1120. The van der Waals surface area contributed by atoms with Gasteiger partial charge in [0, 0.05) is 42.1 Å². The van der Waals surface area contributed by atoms with E-state index in [0.717, 1.165) is 0 Å². The van der Waals surface area contributed by atoms with Crippen LogP contribution in [0.2, 0.25) is 15.3 Å². The summed E-state index contributed by atoms with van der Waals surface area (Å²) in [6.45, 7) is 5.38. The van der Waals surface area contributed by atoms with E-state index in [0.29, 0.717) is 23.2 Å². The second kappa shape index (κ2) is 10.6. The van der Waals surface area contributed by atoms with Gasteiger partial charge in [-0.3, -0.25) is 9.78 Å². The van der Waals surface area contributed by atoms with Crippen LogP contribution in [0.15, 0.2) is 36.8 Å². The van der Waals surface area contributed by atoms with Gasteiger partial charge in [0.1, 0.15) is 21.8 Å². The minimum absolute atomic E-state index is 0.0943. The van der Waals surface area contributed by atoms with E-state index in [-0.39, 0.29) is 44.9 Å². The molecular weight excluding hydrogens is 476 g/mol. The molecule has 0 N–H and O–H groups in total. The fourth-order valence-corrected chi connectivity index (χ4v) is 3.77. The van der Waals surface area contributed by atoms with Crippen molar-refractivity contribution in [3.05, 3.63) is 69.2 Å². The van der Waals surface area contributed by atoms with Crippen molar-refractivity contribution < 1.29 is 13.9 Å². The Kier molecular flexibility index (Phi) is 8.04. The number of Topliss-reactive ketones (excluding diaryl/α,β-unsaturated/α-hetero) is 1. The van der Waals surface area contributed by atoms with E-state index < -0.39 is 11.7 Å². The number of carbonyl (C=O) groups is 1. The maximum Gasteiger partial charge on any atom is 0.153 e. The number of ketones is 1. The van der Waals surface area contributed by atoms with Gasteiger partial charge in [-0.15, -0.1) is 0 Å². The molecule has 0 aliphatic carbocycles. The molecule has 168 valence electrons. The first kappa shape index (κ1) is 24.4. The van der Waals surface area contributed by atoms with E-state index >= 15 is 4.39 Å². The lowest BCUT2D eigenvalue weighted by molar-refractivity contribution is -0.120. The summed E-state index contributed by atoms with van der Waals surface area (Å²) >= 11 is 18.2. The average molecular weight is 497 g/mol. The lowest BCUT2D eigenvalue weighted by atomic mass is 9.90. The maximum atomic E-state index is 15.2. The molecule has 5 nitrogen and oxygen atoms in total. The number of carbonyl (C=O) groups excluding carboxylic acids is 1. The van der Waals surface area contributed by atoms with Crippen LogP contribution in [0.5, 0.6) is 5.75 Å². The summed E-state index contributed by atoms with van der Waals surface area (Å²) in [5, 5.41) is 0.422. The van der Waals surface area contributed by atoms with Crippen molar-refractivity contribution in [2.45, 2.75) is 45.6 Å². The number of aromatic nitrogens is 3. The van der Waals surface area contributed by atoms with Crippen LogP contribution in [0, 0.1) is 5.82 Å². The third kappa shape index (κ3) is 5.55. The summed E-state index contributed by atoms with van der Waals surface area (Å²) in [7, 11) is 0. The van der Waals surface area contributed by atoms with Crippen LogP contribution in [0.1, 0.15) is 44.4 Å². The smallest absolute Gasteiger partial charge is 0.153 e. The molecule has 0 radical (unpaired) electrons. The predicted molar refractivity (Wildman–Crippen MR) is 124 cm³/mol. The SMILES string of the molecule is CC(C)Oc1c(C(C)C(=O)CCc2nccnc2Cl)cc(Cl)c(F)c1-c1ccc(Cl)nc1. The number of aryl methyl sites for hydroxylation is 1. The van der Waals surface area contributed by atoms with Gasteiger partial charge in [-0.05, 0) is 38.5 Å². The Balaban J connectivity index is 2.01. The number of hydrogen-bond acceptors (Lipinski definition) is 5. The van der Waals surface area contributed by atoms with E-state index in [4.69, 9.17) is 39.5 Å². The molecule has 32 heavy (non-hydrogen) atoms. The van der Waals surface area contributed by atoms with Gasteiger partial charge in [-0.1, -0.05) is 41.7 Å². The summed E-state index contributed by atoms with van der Waals surface area (Å²) < 4.78 is 21.2. The van der Waals surface area contributed by atoms with Gasteiger partial charge >= 0.3 is 0 Å². The predicted octanol–water partition coefficient (Wildman–Crippen LogP) is 6.73. The van der Waals surface area contributed by atoms with Crippen LogP contribution in [-0.2, 0) is 11.2 Å². The molecule has 0 amide bonds. The minimum atomic E-state index is -0.652. The maximum absolute atomic E-state index is 15.2. The highest BCUT2D eigenvalue weighted by Crippen LogP contribution is 2.43. The quantitative estimate of drug-likeness (QED) is 0.323. The molecule has 3 rings (SSSR count). The Hall–Kier alpha value is -2.28. The number of nitrogens with zero attached hydrogens (tertiary/aromatic N) is 3. The number of rotatable bonds is 8. The molecule has 0 aliphatic rings. The fraction of sp³-hybridized carbons (Fsp3) is 0.304. The lowest BCUT2D eigenvalue weighted by Gasteiger charge is -2.23. The summed E-state index contributed by atoms with van der Waals surface area (Å²) in [6, 6.07) is 4.62. The Morgan fingerprint density at radius 1 is 1.09 bits per heavy atom. The van der Waals surface area contributed by atoms with E-state index in [9.17, 15) is 4.79 Å². The van der Waals surface area contributed by atoms with Crippen molar-refractivity contribution in [2.24, 2.45) is 0 Å². The molecule has 0 spiro atoms. The highest BCUT2D eigenvalue weighted by atomic mass is 35.5. The van der Waals surface area contributed by atoms with Crippen LogP contribution in [0.25, 0.3) is 11.1 Å². The molecule has 9 heteroatoms. The summed E-state index contributed by atoms with van der Waals surface area (Å²) in [5.41, 5.74) is 1.61. The number of benzene rings is 1. The first-order valence-electron chi connectivity index (χ1n) is 9.97. The minimum Gasteiger partial charge on any atom is -0.490 e. The van der Waals surface area contributed by atoms with Crippen molar-refractivity contribution in [1.29, 1.82) is 0 Å². The van der Waals surface area contributed by atoms with E-state index in [2.05, 4.69) is 15.0 Å². The molecule has 0 saturated carbocycles. The van der Waals surface area contributed by atoms with Gasteiger partial charge in [0.15, 0.2) is 5.82 Å². The van der Waals surface area contributed by atoms with Crippen LogP contribution < -0.4 is 4.74 Å². The average Bonchev–Trinajstić information content (AvgIpc) is 2.75. The third-order valence-electron chi connectivity index (χ3n) is 4.85. The lowest BCUT2D eigenvalue weighted by Crippen LogP contribution is -2.16. The largest absolute Gasteiger partial charge is 0.490 e. The zero-order valence-corrected chi connectivity index (χ0v) is 20.0. The standard InChI is InChI=1S/C23H21Cl3FN3O2/c1-12(2)32-22-15(13(3)18(31)6-5-17-23(26)29-9-8-28-17)10-16(24)21(27)20(22)14-4-7-19(25)30-11-14/h4,7-13H,5-6H2,1-3H3. The van der Waals surface area contributed by atoms with Gasteiger partial charge in [0.2, 0.25) is 0 Å². The van der Waals surface area contributed by atoms with Gasteiger partial charge in [-0.2, -0.15) is 0 Å². The van der Waals surface area contributed by atoms with Crippen molar-refractivity contribution in [1.82, 2.24) is 15.0 Å². The first-order valence-corrected chi connectivity index (χ1v) is 11.1. The molecule has 1 aromatic carbocycles. The van der Waals surface area contributed by atoms with Crippen molar-refractivity contribution in [3.63, 3.8) is 0 Å². The zero-order valence-electron chi connectivity index (χ0n) is 17.7. The highest BCUT2D eigenvalue weighted by Gasteiger charge is 2.27. The second-order valence-electron chi connectivity index (χ2n) is 7.48. The normalized spacial score (nSPS) is 12.1. The summed E-state index contributed by atoms with van der Waals surface area (Å²) in [6.07, 6.45) is 4.69. The molecule has 2 heterocycles. The van der Waals surface area contributed by atoms with Crippen molar-refractivity contribution in [3.8, 4) is 16.9 Å². The molecular formula is C23H21Cl3FN3O2. The van der Waals surface area contributed by atoms with Crippen LogP contribution in [-0.4, -0.2) is 26.8 Å². The van der Waals surface area contributed by atoms with E-state index in [1.165, 1.54) is 24.7 Å². The van der Waals surface area contributed by atoms with Gasteiger partial charge in [-0.25, -0.2) is 14.4 Å². The van der Waals surface area contributed by atoms with Crippen LogP contribution in [0.4, 0.5) is 4.39 Å². The van der Waals surface area contributed by atoms with E-state index in [1.54, 1.807) is 19.1 Å². The van der Waals surface area contributed by atoms with Gasteiger partial charge in [0.25, 0.3) is 0 Å². The van der Waals surface area contributed by atoms with Gasteiger partial charge in [0.05, 0.1) is 22.4 Å². The Labute approximate surface area is 200 Å². The fourth-order valence-electron chi connectivity index (χ4n) is 3.24. The van der Waals surface area contributed by atoms with Crippen molar-refractivity contribution in [2.75, 3.05) is 0 Å². The summed E-state index contributed by atoms with van der Waals surface area (Å²) in [5.74, 6) is -1.11. The second-order valence-corrected chi connectivity index (χ2v) is 8.64. The number of halogens is 4. The molecule has 0 aliphatic heterocycles. The number of hydrogen-bond donors (Lipinski definition) is 0. The first-order chi connectivity index (χ1) is 15.2. The molecule has 2 aromatic heterocycles. The monoisotopic (exact) mass is 495 g/mol. The van der Waals surface area contributed by atoms with Crippen LogP contribution in [0.3, 0.4) is 0 Å². The van der Waals surface area contributed by atoms with E-state index in [1.807, 2.05) is 13.8 Å². The van der Waals surface area contributed by atoms with Gasteiger partial charge < -0.3 is 4.74 Å². The number of pyridine rings is 1. The molecule has 1 unspecified atom stereocenters. The Morgan fingerprint density at radius 3 is 2.44 bits per heavy atom. The summed E-state index contributed by atoms with van der Waals surface area (Å²) in [4.78, 5) is 25.2. The molecule has 3 aromatic rings. The molecule has 0 saturated heterocycles. The zero-order chi connectivity index (χ0) is 23.4.